The first-order valence-corrected chi connectivity index (χ1v) is 11.0. The SMILES string of the molecule is COc1ccc(-c2[nH]nc(SCC(=O)NN=Cc3ccc([O-])cc3)[n+]2-c2ccccc2)cc1. The normalized spacial score (nSPS) is 10.9. The van der Waals surface area contributed by atoms with Crippen LogP contribution in [0.5, 0.6) is 11.5 Å². The molecule has 1 amide bonds. The van der Waals surface area contributed by atoms with Crippen LogP contribution >= 0.6 is 11.8 Å². The quantitative estimate of drug-likeness (QED) is 0.182. The summed E-state index contributed by atoms with van der Waals surface area (Å²) in [5.74, 6) is 1.32. The van der Waals surface area contributed by atoms with Crippen LogP contribution in [0.25, 0.3) is 17.1 Å². The number of benzene rings is 3. The van der Waals surface area contributed by atoms with Crippen molar-refractivity contribution < 1.29 is 19.2 Å². The second-order valence-corrected chi connectivity index (χ2v) is 7.85. The molecular formula is C24H21N5O3S. The molecule has 4 aromatic rings. The van der Waals surface area contributed by atoms with Gasteiger partial charge in [-0.2, -0.15) is 9.67 Å². The molecule has 0 spiro atoms. The number of hydrazone groups is 1. The Kier molecular flexibility index (Phi) is 7.01. The molecule has 33 heavy (non-hydrogen) atoms. The highest BCUT2D eigenvalue weighted by Gasteiger charge is 2.24. The molecule has 0 saturated carbocycles. The van der Waals surface area contributed by atoms with E-state index in [1.54, 1.807) is 19.2 Å². The van der Waals surface area contributed by atoms with Gasteiger partial charge in [0, 0.05) is 0 Å². The van der Waals surface area contributed by atoms with Gasteiger partial charge < -0.3 is 9.84 Å². The van der Waals surface area contributed by atoms with Crippen LogP contribution in [0.1, 0.15) is 5.56 Å². The van der Waals surface area contributed by atoms with Gasteiger partial charge in [-0.05, 0) is 53.7 Å². The zero-order valence-electron chi connectivity index (χ0n) is 17.8. The second kappa shape index (κ2) is 10.5. The number of nitrogens with zero attached hydrogens (tertiary/aromatic N) is 3. The van der Waals surface area contributed by atoms with Gasteiger partial charge in [-0.1, -0.05) is 42.5 Å². The van der Waals surface area contributed by atoms with Crippen molar-refractivity contribution in [3.8, 4) is 28.6 Å². The molecule has 1 aromatic heterocycles. The van der Waals surface area contributed by atoms with Crippen LogP contribution < -0.4 is 19.8 Å². The van der Waals surface area contributed by atoms with E-state index in [0.29, 0.717) is 5.16 Å². The number of hydrogen-bond donors (Lipinski definition) is 2. The lowest BCUT2D eigenvalue weighted by Gasteiger charge is -2.05. The lowest BCUT2D eigenvalue weighted by Crippen LogP contribution is -2.34. The van der Waals surface area contributed by atoms with E-state index in [9.17, 15) is 9.90 Å². The minimum absolute atomic E-state index is 0.0766. The molecule has 166 valence electrons. The van der Waals surface area contributed by atoms with Crippen molar-refractivity contribution in [2.24, 2.45) is 5.10 Å². The van der Waals surface area contributed by atoms with Crippen molar-refractivity contribution in [3.63, 3.8) is 0 Å². The number of H-pyrrole nitrogens is 1. The average Bonchev–Trinajstić information content (AvgIpc) is 3.28. The number of aromatic amines is 1. The summed E-state index contributed by atoms with van der Waals surface area (Å²) in [5.41, 5.74) is 5.06. The molecule has 9 heteroatoms. The Morgan fingerprint density at radius 1 is 1.12 bits per heavy atom. The molecule has 4 rings (SSSR count). The lowest BCUT2D eigenvalue weighted by atomic mass is 10.2. The van der Waals surface area contributed by atoms with Crippen molar-refractivity contribution in [3.05, 3.63) is 84.4 Å². The van der Waals surface area contributed by atoms with Gasteiger partial charge in [0.15, 0.2) is 0 Å². The van der Waals surface area contributed by atoms with Crippen LogP contribution in [0, 0.1) is 0 Å². The Morgan fingerprint density at radius 3 is 2.55 bits per heavy atom. The molecule has 0 saturated heterocycles. The van der Waals surface area contributed by atoms with Gasteiger partial charge in [-0.15, -0.1) is 10.8 Å². The van der Waals surface area contributed by atoms with E-state index in [2.05, 4.69) is 20.7 Å². The van der Waals surface area contributed by atoms with Gasteiger partial charge in [0.1, 0.15) is 11.4 Å². The monoisotopic (exact) mass is 459 g/mol. The number of carbonyl (C=O) groups is 1. The summed E-state index contributed by atoms with van der Waals surface area (Å²) in [6.45, 7) is 0. The predicted molar refractivity (Wildman–Crippen MR) is 124 cm³/mol. The van der Waals surface area contributed by atoms with Crippen molar-refractivity contribution in [1.29, 1.82) is 0 Å². The van der Waals surface area contributed by atoms with E-state index < -0.39 is 0 Å². The maximum absolute atomic E-state index is 12.3. The molecule has 0 aliphatic heterocycles. The van der Waals surface area contributed by atoms with Crippen LogP contribution in [0.2, 0.25) is 0 Å². The number of para-hydroxylation sites is 1. The Labute approximate surface area is 194 Å². The number of hydrogen-bond acceptors (Lipinski definition) is 6. The van der Waals surface area contributed by atoms with Gasteiger partial charge >= 0.3 is 5.16 Å². The first-order valence-electron chi connectivity index (χ1n) is 10.1. The Balaban J connectivity index is 1.49. The van der Waals surface area contributed by atoms with E-state index in [1.165, 1.54) is 30.1 Å². The third-order valence-electron chi connectivity index (χ3n) is 4.67. The predicted octanol–water partition coefficient (Wildman–Crippen LogP) is 2.68. The molecule has 0 aliphatic rings. The van der Waals surface area contributed by atoms with Crippen LogP contribution in [0.15, 0.2) is 89.1 Å². The maximum atomic E-state index is 12.3. The van der Waals surface area contributed by atoms with Crippen LogP contribution in [-0.4, -0.2) is 35.2 Å². The smallest absolute Gasteiger partial charge is 0.342 e. The highest BCUT2D eigenvalue weighted by molar-refractivity contribution is 7.99. The fourth-order valence-electron chi connectivity index (χ4n) is 3.05. The minimum Gasteiger partial charge on any atom is -0.872 e. The van der Waals surface area contributed by atoms with Crippen molar-refractivity contribution >= 4 is 23.9 Å². The Bertz CT molecular complexity index is 1240. The van der Waals surface area contributed by atoms with Gasteiger partial charge in [0.2, 0.25) is 0 Å². The second-order valence-electron chi connectivity index (χ2n) is 6.91. The van der Waals surface area contributed by atoms with Gasteiger partial charge in [0.25, 0.3) is 11.7 Å². The molecular weight excluding hydrogens is 438 g/mol. The molecule has 0 unspecified atom stereocenters. The number of aromatic nitrogens is 3. The van der Waals surface area contributed by atoms with Crippen LogP contribution in [0.3, 0.4) is 0 Å². The fourth-order valence-corrected chi connectivity index (χ4v) is 3.81. The van der Waals surface area contributed by atoms with Gasteiger partial charge in [-0.25, -0.2) is 5.43 Å². The van der Waals surface area contributed by atoms with Crippen LogP contribution in [0.4, 0.5) is 0 Å². The van der Waals surface area contributed by atoms with Gasteiger partial charge in [0.05, 0.1) is 29.7 Å². The maximum Gasteiger partial charge on any atom is 0.342 e. The van der Waals surface area contributed by atoms with E-state index in [4.69, 9.17) is 4.74 Å². The topological polar surface area (TPSA) is 106 Å². The zero-order chi connectivity index (χ0) is 23.0. The number of methoxy groups -OCH3 is 1. The zero-order valence-corrected chi connectivity index (χ0v) is 18.6. The third kappa shape index (κ3) is 5.58. The molecule has 0 aliphatic carbocycles. The summed E-state index contributed by atoms with van der Waals surface area (Å²) in [6, 6.07) is 23.6. The highest BCUT2D eigenvalue weighted by atomic mass is 32.2. The first-order chi connectivity index (χ1) is 16.1. The summed E-state index contributed by atoms with van der Waals surface area (Å²) >= 11 is 1.29. The summed E-state index contributed by atoms with van der Waals surface area (Å²) in [5, 5.41) is 23.2. The third-order valence-corrected chi connectivity index (χ3v) is 5.60. The summed E-state index contributed by atoms with van der Waals surface area (Å²) in [7, 11) is 1.63. The Hall–Kier alpha value is -4.11. The average molecular weight is 460 g/mol. The number of rotatable bonds is 8. The first kappa shape index (κ1) is 22.1. The van der Waals surface area contributed by atoms with E-state index in [-0.39, 0.29) is 17.4 Å². The molecule has 2 N–H and O–H groups in total. The number of ether oxygens (including phenoxy) is 1. The molecule has 0 bridgehead atoms. The molecule has 1 heterocycles. The molecule has 0 radical (unpaired) electrons. The molecule has 0 fully saturated rings. The van der Waals surface area contributed by atoms with E-state index >= 15 is 0 Å². The van der Waals surface area contributed by atoms with E-state index in [1.807, 2.05) is 59.2 Å². The summed E-state index contributed by atoms with van der Waals surface area (Å²) in [4.78, 5) is 12.3. The molecule has 8 nitrogen and oxygen atoms in total. The van der Waals surface area contributed by atoms with Crippen LogP contribution in [-0.2, 0) is 4.79 Å². The fraction of sp³-hybridized carbons (Fsp3) is 0.0833. The van der Waals surface area contributed by atoms with Gasteiger partial charge in [-0.3, -0.25) is 4.79 Å². The molecule has 3 aromatic carbocycles. The van der Waals surface area contributed by atoms with E-state index in [0.717, 1.165) is 28.4 Å². The number of amides is 1. The largest absolute Gasteiger partial charge is 0.872 e. The van der Waals surface area contributed by atoms with Crippen molar-refractivity contribution in [2.75, 3.05) is 12.9 Å². The minimum atomic E-state index is -0.273. The summed E-state index contributed by atoms with van der Waals surface area (Å²) in [6.07, 6.45) is 1.49. The van der Waals surface area contributed by atoms with Crippen molar-refractivity contribution in [1.82, 2.24) is 15.6 Å². The number of thioether (sulfide) groups is 1. The summed E-state index contributed by atoms with van der Waals surface area (Å²) < 4.78 is 7.21. The Morgan fingerprint density at radius 2 is 1.85 bits per heavy atom. The highest BCUT2D eigenvalue weighted by Crippen LogP contribution is 2.22. The lowest BCUT2D eigenvalue weighted by molar-refractivity contribution is -0.625. The molecule has 0 atom stereocenters. The van der Waals surface area contributed by atoms with Crippen molar-refractivity contribution in [2.45, 2.75) is 5.16 Å². The standard InChI is InChI=1S/C24H21N5O3S/c1-32-21-13-9-18(10-14-21)23-27-28-24(29(23)19-5-3-2-4-6-19)33-16-22(31)26-25-15-17-7-11-20(30)12-8-17/h2-15H,16H2,1H3,(H2,25,26,30,31). The number of nitrogens with one attached hydrogen (secondary N) is 2. The number of carbonyl (C=O) groups excluding carboxylic acids is 1.